The Morgan fingerprint density at radius 2 is 1.85 bits per heavy atom. The Morgan fingerprint density at radius 1 is 1.05 bits per heavy atom. The molecule has 0 aliphatic carbocycles. The van der Waals surface area contributed by atoms with Gasteiger partial charge in [-0.2, -0.15) is 0 Å². The van der Waals surface area contributed by atoms with Crippen molar-refractivity contribution in [2.24, 2.45) is 4.99 Å². The number of methoxy groups -OCH3 is 2. The number of pyridine rings is 1. The number of aliphatic imine (C=N–C) groups is 1. The van der Waals surface area contributed by atoms with Gasteiger partial charge >= 0.3 is 0 Å². The number of sulfonamides is 1. The van der Waals surface area contributed by atoms with Gasteiger partial charge in [-0.15, -0.1) is 0 Å². The molecular formula is C29H33N5O5S. The van der Waals surface area contributed by atoms with Gasteiger partial charge in [-0.1, -0.05) is 12.1 Å². The zero-order chi connectivity index (χ0) is 28.3. The first-order valence-electron chi connectivity index (χ1n) is 13.2. The van der Waals surface area contributed by atoms with E-state index >= 15 is 0 Å². The summed E-state index contributed by atoms with van der Waals surface area (Å²) >= 11 is 0. The quantitative estimate of drug-likeness (QED) is 0.443. The predicted molar refractivity (Wildman–Crippen MR) is 153 cm³/mol. The Balaban J connectivity index is 1.23. The minimum Gasteiger partial charge on any atom is -0.495 e. The molecule has 0 bridgehead atoms. The van der Waals surface area contributed by atoms with Gasteiger partial charge in [0.2, 0.25) is 0 Å². The van der Waals surface area contributed by atoms with Gasteiger partial charge in [0.1, 0.15) is 16.4 Å². The number of para-hydroxylation sites is 1. The average molecular weight is 564 g/mol. The lowest BCUT2D eigenvalue weighted by Crippen LogP contribution is -2.48. The van der Waals surface area contributed by atoms with E-state index in [1.807, 2.05) is 17.0 Å². The van der Waals surface area contributed by atoms with Crippen LogP contribution in [0.4, 0.5) is 11.4 Å². The minimum absolute atomic E-state index is 0.0798. The highest BCUT2D eigenvalue weighted by atomic mass is 32.2. The van der Waals surface area contributed by atoms with E-state index in [0.717, 1.165) is 24.1 Å². The van der Waals surface area contributed by atoms with Crippen LogP contribution >= 0.6 is 0 Å². The maximum Gasteiger partial charge on any atom is 0.264 e. The molecule has 3 aromatic rings. The first-order valence-corrected chi connectivity index (χ1v) is 14.6. The first-order chi connectivity index (χ1) is 19.3. The number of nitrogens with zero attached hydrogens (tertiary/aromatic N) is 4. The summed E-state index contributed by atoms with van der Waals surface area (Å²) in [6, 6.07) is 12.1. The zero-order valence-corrected chi connectivity index (χ0v) is 23.7. The molecule has 0 unspecified atom stereocenters. The molecular weight excluding hydrogens is 530 g/mol. The number of benzene rings is 2. The lowest BCUT2D eigenvalue weighted by atomic mass is 10.1. The minimum atomic E-state index is -3.86. The van der Waals surface area contributed by atoms with E-state index in [2.05, 4.69) is 19.6 Å². The fourth-order valence-corrected chi connectivity index (χ4v) is 6.31. The number of ether oxygens (including phenoxy) is 2. The van der Waals surface area contributed by atoms with Gasteiger partial charge < -0.3 is 14.4 Å². The lowest BCUT2D eigenvalue weighted by molar-refractivity contribution is 0.0625. The number of carbonyl (C=O) groups is 1. The van der Waals surface area contributed by atoms with Gasteiger partial charge in [0.15, 0.2) is 0 Å². The second kappa shape index (κ2) is 11.6. The van der Waals surface area contributed by atoms with Gasteiger partial charge in [-0.3, -0.25) is 24.4 Å². The number of aromatic nitrogens is 1. The molecule has 2 aromatic carbocycles. The summed E-state index contributed by atoms with van der Waals surface area (Å²) in [4.78, 5) is 26.3. The van der Waals surface area contributed by atoms with E-state index in [1.54, 1.807) is 63.9 Å². The molecule has 1 saturated heterocycles. The van der Waals surface area contributed by atoms with E-state index < -0.39 is 10.0 Å². The summed E-state index contributed by atoms with van der Waals surface area (Å²) < 4.78 is 39.9. The van der Waals surface area contributed by atoms with E-state index in [-0.39, 0.29) is 10.8 Å². The topological polar surface area (TPSA) is 113 Å². The molecule has 1 amide bonds. The van der Waals surface area contributed by atoms with Crippen LogP contribution in [0.5, 0.6) is 11.5 Å². The summed E-state index contributed by atoms with van der Waals surface area (Å²) in [5.41, 5.74) is 3.85. The van der Waals surface area contributed by atoms with E-state index in [1.165, 1.54) is 0 Å². The number of anilines is 1. The molecule has 210 valence electrons. The van der Waals surface area contributed by atoms with Crippen molar-refractivity contribution in [2.75, 3.05) is 45.1 Å². The van der Waals surface area contributed by atoms with Crippen LogP contribution in [0.15, 0.2) is 58.5 Å². The molecule has 0 atom stereocenters. The maximum atomic E-state index is 13.3. The Kier molecular flexibility index (Phi) is 8.04. The summed E-state index contributed by atoms with van der Waals surface area (Å²) in [6.45, 7) is 4.95. The van der Waals surface area contributed by atoms with Crippen LogP contribution in [0, 0.1) is 6.92 Å². The molecule has 40 heavy (non-hydrogen) atoms. The monoisotopic (exact) mass is 563 g/mol. The summed E-state index contributed by atoms with van der Waals surface area (Å²) in [5.74, 6) is 1.23. The van der Waals surface area contributed by atoms with Crippen LogP contribution < -0.4 is 14.2 Å². The van der Waals surface area contributed by atoms with Crippen molar-refractivity contribution in [3.8, 4) is 11.5 Å². The Morgan fingerprint density at radius 3 is 2.58 bits per heavy atom. The summed E-state index contributed by atoms with van der Waals surface area (Å²) in [5, 5.41) is 0. The Bertz CT molecular complexity index is 1550. The number of nitrogens with one attached hydrogen (secondary N) is 1. The van der Waals surface area contributed by atoms with Crippen molar-refractivity contribution in [2.45, 2.75) is 31.2 Å². The van der Waals surface area contributed by atoms with E-state index in [0.29, 0.717) is 66.7 Å². The molecule has 0 spiro atoms. The van der Waals surface area contributed by atoms with Crippen LogP contribution in [-0.4, -0.2) is 75.7 Å². The van der Waals surface area contributed by atoms with Gasteiger partial charge in [-0.25, -0.2) is 8.42 Å². The molecule has 2 aliphatic rings. The highest BCUT2D eigenvalue weighted by molar-refractivity contribution is 7.92. The van der Waals surface area contributed by atoms with E-state index in [9.17, 15) is 13.2 Å². The molecule has 1 fully saturated rings. The van der Waals surface area contributed by atoms with E-state index in [4.69, 9.17) is 9.47 Å². The molecule has 2 aliphatic heterocycles. The van der Waals surface area contributed by atoms with Gasteiger partial charge in [-0.05, 0) is 55.2 Å². The third-order valence-corrected chi connectivity index (χ3v) is 8.64. The molecule has 0 saturated carbocycles. The van der Waals surface area contributed by atoms with Gasteiger partial charge in [0, 0.05) is 50.6 Å². The third-order valence-electron chi connectivity index (χ3n) is 7.25. The number of amides is 1. The molecule has 5 rings (SSSR count). The van der Waals surface area contributed by atoms with Crippen molar-refractivity contribution in [1.82, 2.24) is 14.8 Å². The van der Waals surface area contributed by atoms with Gasteiger partial charge in [0.25, 0.3) is 15.9 Å². The van der Waals surface area contributed by atoms with Crippen molar-refractivity contribution < 1.29 is 22.7 Å². The van der Waals surface area contributed by atoms with Crippen LogP contribution in [-0.2, 0) is 23.0 Å². The number of hydrogen-bond acceptors (Lipinski definition) is 8. The lowest BCUT2D eigenvalue weighted by Gasteiger charge is -2.34. The van der Waals surface area contributed by atoms with Gasteiger partial charge in [0.05, 0.1) is 37.5 Å². The predicted octanol–water partition coefficient (Wildman–Crippen LogP) is 3.81. The fraction of sp³-hybridized carbons (Fsp3) is 0.345. The van der Waals surface area contributed by atoms with Crippen LogP contribution in [0.3, 0.4) is 0 Å². The molecule has 1 aromatic heterocycles. The number of aryl methyl sites for hydroxylation is 2. The van der Waals surface area contributed by atoms with Crippen LogP contribution in [0.2, 0.25) is 0 Å². The van der Waals surface area contributed by atoms with Crippen molar-refractivity contribution in [1.29, 1.82) is 0 Å². The smallest absolute Gasteiger partial charge is 0.264 e. The van der Waals surface area contributed by atoms with Crippen LogP contribution in [0.1, 0.15) is 33.6 Å². The largest absolute Gasteiger partial charge is 0.495 e. The third kappa shape index (κ3) is 5.80. The van der Waals surface area contributed by atoms with Crippen molar-refractivity contribution >= 4 is 33.5 Å². The average Bonchev–Trinajstić information content (AvgIpc) is 2.98. The highest BCUT2D eigenvalue weighted by Crippen LogP contribution is 2.33. The molecule has 3 heterocycles. The molecule has 11 heteroatoms. The standard InChI is InChI=1S/C29H33N5O5S/c1-20-16-22(9-10-24(20)32-40(36,37)27-8-4-6-21-7-5-11-30-28(21)27)29(35)34-14-12-33(13-15-34)19-25-26(39-3)17-23(38-2)18-31-25/h4,6,8-11,16-18,32H,5,7,12-15,19H2,1-3H3. The fourth-order valence-electron chi connectivity index (χ4n) is 4.99. The number of piperazine rings is 1. The molecule has 10 nitrogen and oxygen atoms in total. The number of hydrogen-bond donors (Lipinski definition) is 1. The maximum absolute atomic E-state index is 13.3. The summed E-state index contributed by atoms with van der Waals surface area (Å²) in [6.07, 6.45) is 4.98. The molecule has 0 radical (unpaired) electrons. The number of rotatable bonds is 8. The Hall–Kier alpha value is -3.96. The van der Waals surface area contributed by atoms with Crippen molar-refractivity contribution in [3.63, 3.8) is 0 Å². The zero-order valence-electron chi connectivity index (χ0n) is 22.9. The normalized spacial score (nSPS) is 15.4. The second-order valence-corrected chi connectivity index (χ2v) is 11.5. The number of carbonyl (C=O) groups excluding carboxylic acids is 1. The second-order valence-electron chi connectivity index (χ2n) is 9.84. The molecule has 1 N–H and O–H groups in total. The van der Waals surface area contributed by atoms with Crippen LogP contribution in [0.25, 0.3) is 0 Å². The SMILES string of the molecule is COc1cnc(CN2CCN(C(=O)c3ccc(NS(=O)(=O)c4cccc5c4N=CCC5)c(C)c3)CC2)c(OC)c1. The number of fused-ring (bicyclic) bond motifs is 1. The highest BCUT2D eigenvalue weighted by Gasteiger charge is 2.25. The Labute approximate surface area is 234 Å². The first kappa shape index (κ1) is 27.6. The van der Waals surface area contributed by atoms with Crippen molar-refractivity contribution in [3.05, 3.63) is 71.0 Å². The summed E-state index contributed by atoms with van der Waals surface area (Å²) in [7, 11) is -0.659.